The highest BCUT2D eigenvalue weighted by molar-refractivity contribution is 7.92. The van der Waals surface area contributed by atoms with E-state index in [9.17, 15) is 27.6 Å². The van der Waals surface area contributed by atoms with E-state index in [4.69, 9.17) is 0 Å². The number of rotatable bonds is 14. The van der Waals surface area contributed by atoms with Gasteiger partial charge in [-0.1, -0.05) is 64.9 Å². The van der Waals surface area contributed by atoms with Crippen LogP contribution in [0.15, 0.2) is 12.7 Å². The zero-order valence-corrected chi connectivity index (χ0v) is 33.6. The molecular formula is C40H65N5O7S. The number of amides is 5. The second kappa shape index (κ2) is 16.0. The lowest BCUT2D eigenvalue weighted by molar-refractivity contribution is -0.145. The maximum absolute atomic E-state index is 15.1. The Morgan fingerprint density at radius 2 is 1.53 bits per heavy atom. The van der Waals surface area contributed by atoms with Crippen LogP contribution in [0.25, 0.3) is 0 Å². The molecule has 0 aromatic rings. The smallest absolute Gasteiger partial charge is 0.315 e. The van der Waals surface area contributed by atoms with Crippen molar-refractivity contribution in [2.24, 2.45) is 22.7 Å². The van der Waals surface area contributed by atoms with Gasteiger partial charge in [-0.2, -0.15) is 0 Å². The Hall–Kier alpha value is -2.96. The summed E-state index contributed by atoms with van der Waals surface area (Å²) in [6.45, 7) is 13.1. The van der Waals surface area contributed by atoms with E-state index < -0.39 is 67.3 Å². The summed E-state index contributed by atoms with van der Waals surface area (Å²) in [4.78, 5) is 71.3. The van der Waals surface area contributed by atoms with Crippen molar-refractivity contribution in [2.75, 3.05) is 18.8 Å². The van der Waals surface area contributed by atoms with E-state index in [1.165, 1.54) is 6.08 Å². The molecule has 5 fully saturated rings. The molecule has 298 valence electrons. The quantitative estimate of drug-likeness (QED) is 0.147. The fourth-order valence-corrected chi connectivity index (χ4v) is 11.5. The molecule has 4 N–H and O–H groups in total. The number of urea groups is 1. The maximum Gasteiger partial charge on any atom is 0.315 e. The molecule has 0 aromatic heterocycles. The number of sulfone groups is 1. The molecule has 1 aliphatic heterocycles. The number of Topliss-reactive ketones (excluding diaryl/α,β-unsaturated/α-hetero) is 1. The van der Waals surface area contributed by atoms with Crippen molar-refractivity contribution < 1.29 is 32.4 Å². The maximum atomic E-state index is 15.1. The number of hydrogen-bond donors (Lipinski definition) is 4. The lowest BCUT2D eigenvalue weighted by Crippen LogP contribution is -2.64. The van der Waals surface area contributed by atoms with E-state index in [0.717, 1.165) is 77.0 Å². The highest BCUT2D eigenvalue weighted by atomic mass is 32.2. The molecule has 4 aliphatic carbocycles. The third-order valence-corrected chi connectivity index (χ3v) is 16.3. The lowest BCUT2D eigenvalue weighted by Gasteiger charge is -2.44. The molecule has 4 saturated carbocycles. The first-order chi connectivity index (χ1) is 24.9. The minimum absolute atomic E-state index is 0.0878. The molecule has 1 heterocycles. The normalized spacial score (nSPS) is 26.8. The van der Waals surface area contributed by atoms with Crippen LogP contribution >= 0.6 is 0 Å². The van der Waals surface area contributed by atoms with Gasteiger partial charge in [0.05, 0.1) is 22.1 Å². The van der Waals surface area contributed by atoms with Crippen LogP contribution in [0, 0.1) is 22.7 Å². The molecule has 0 radical (unpaired) electrons. The highest BCUT2D eigenvalue weighted by Crippen LogP contribution is 2.66. The first kappa shape index (κ1) is 41.2. The lowest BCUT2D eigenvalue weighted by atomic mass is 9.70. The van der Waals surface area contributed by atoms with Crippen LogP contribution in [0.2, 0.25) is 0 Å². The fourth-order valence-electron chi connectivity index (χ4n) is 10.00. The van der Waals surface area contributed by atoms with Crippen LogP contribution < -0.4 is 21.3 Å². The summed E-state index contributed by atoms with van der Waals surface area (Å²) in [6, 6.07) is -3.36. The Bertz CT molecular complexity index is 1520. The predicted molar refractivity (Wildman–Crippen MR) is 204 cm³/mol. The third kappa shape index (κ3) is 8.80. The van der Waals surface area contributed by atoms with Crippen LogP contribution in [0.3, 0.4) is 0 Å². The molecule has 0 aromatic carbocycles. The molecule has 12 nitrogen and oxygen atoms in total. The van der Waals surface area contributed by atoms with Crippen LogP contribution in [-0.4, -0.2) is 90.1 Å². The van der Waals surface area contributed by atoms with Gasteiger partial charge in [-0.3, -0.25) is 19.2 Å². The second-order valence-corrected chi connectivity index (χ2v) is 21.0. The molecule has 5 aliphatic rings. The van der Waals surface area contributed by atoms with Crippen LogP contribution in [0.4, 0.5) is 4.79 Å². The van der Waals surface area contributed by atoms with E-state index in [1.807, 2.05) is 13.8 Å². The molecule has 5 amide bonds. The van der Waals surface area contributed by atoms with Crippen LogP contribution in [0.1, 0.15) is 137 Å². The Labute approximate surface area is 317 Å². The monoisotopic (exact) mass is 759 g/mol. The average Bonchev–Trinajstić information content (AvgIpc) is 3.67. The topological polar surface area (TPSA) is 171 Å². The summed E-state index contributed by atoms with van der Waals surface area (Å²) in [5.74, 6) is -2.37. The largest absolute Gasteiger partial charge is 0.346 e. The Balaban J connectivity index is 1.43. The van der Waals surface area contributed by atoms with Gasteiger partial charge in [0.25, 0.3) is 5.91 Å². The zero-order valence-electron chi connectivity index (χ0n) is 32.8. The number of likely N-dealkylation sites (tertiary alicyclic amines) is 1. The summed E-state index contributed by atoms with van der Waals surface area (Å²) in [5.41, 5.74) is -1.41. The molecule has 5 rings (SSSR count). The molecule has 13 heteroatoms. The van der Waals surface area contributed by atoms with E-state index in [1.54, 1.807) is 25.7 Å². The summed E-state index contributed by atoms with van der Waals surface area (Å²) in [7, 11) is -3.57. The number of carbonyl (C=O) groups excluding carboxylic acids is 5. The summed E-state index contributed by atoms with van der Waals surface area (Å²) in [6.07, 6.45) is 14.2. The first-order valence-electron chi connectivity index (χ1n) is 20.3. The molecule has 5 atom stereocenters. The first-order valence-corrected chi connectivity index (χ1v) is 21.9. The van der Waals surface area contributed by atoms with Crippen molar-refractivity contribution in [3.63, 3.8) is 0 Å². The summed E-state index contributed by atoms with van der Waals surface area (Å²) in [5, 5.41) is 11.6. The molecule has 1 spiro atoms. The second-order valence-electron chi connectivity index (χ2n) is 18.3. The van der Waals surface area contributed by atoms with Gasteiger partial charge in [-0.25, -0.2) is 13.2 Å². The van der Waals surface area contributed by atoms with E-state index in [2.05, 4.69) is 27.8 Å². The number of ketones is 1. The fraction of sp³-hybridized carbons (Fsp3) is 0.825. The van der Waals surface area contributed by atoms with Crippen molar-refractivity contribution in [1.29, 1.82) is 0 Å². The highest BCUT2D eigenvalue weighted by Gasteiger charge is 2.64. The third-order valence-electron chi connectivity index (χ3n) is 13.5. The van der Waals surface area contributed by atoms with E-state index in [0.29, 0.717) is 25.8 Å². The van der Waals surface area contributed by atoms with Crippen molar-refractivity contribution in [2.45, 2.75) is 166 Å². The summed E-state index contributed by atoms with van der Waals surface area (Å²) >= 11 is 0. The number of nitrogens with one attached hydrogen (secondary N) is 4. The van der Waals surface area contributed by atoms with Crippen molar-refractivity contribution in [3.8, 4) is 0 Å². The van der Waals surface area contributed by atoms with Gasteiger partial charge in [-0.05, 0) is 101 Å². The number of hydrogen-bond acceptors (Lipinski definition) is 7. The minimum atomic E-state index is -3.57. The van der Waals surface area contributed by atoms with Crippen molar-refractivity contribution >= 4 is 39.4 Å². The average molecular weight is 760 g/mol. The van der Waals surface area contributed by atoms with Gasteiger partial charge in [0.2, 0.25) is 17.6 Å². The van der Waals surface area contributed by atoms with Crippen molar-refractivity contribution in [1.82, 2.24) is 26.2 Å². The zero-order chi connectivity index (χ0) is 38.8. The van der Waals surface area contributed by atoms with Crippen LogP contribution in [0.5, 0.6) is 0 Å². The molecule has 1 saturated heterocycles. The Kier molecular flexibility index (Phi) is 12.5. The van der Waals surface area contributed by atoms with Gasteiger partial charge in [-0.15, -0.1) is 6.58 Å². The summed E-state index contributed by atoms with van der Waals surface area (Å²) < 4.78 is 26.0. The van der Waals surface area contributed by atoms with Gasteiger partial charge >= 0.3 is 6.03 Å². The molecule has 1 unspecified atom stereocenters. The molecular weight excluding hydrogens is 695 g/mol. The number of fused-ring (bicyclic) bond motifs is 2. The van der Waals surface area contributed by atoms with E-state index >= 15 is 4.79 Å². The minimum Gasteiger partial charge on any atom is -0.346 e. The SMILES string of the molecule is C=CCNC(=O)C(=O)C(CCC)NC(=O)[C@@H]1[C@H]2CCC3(CC3)[C@H]2CN1C(=O)[C@@H](NC(=O)NC1(CS(=O)(=O)C(C)(C)C)CCCCC1)C1(C)CCCCC1. The van der Waals surface area contributed by atoms with Crippen molar-refractivity contribution in [3.05, 3.63) is 12.7 Å². The van der Waals surface area contributed by atoms with E-state index in [-0.39, 0.29) is 41.9 Å². The van der Waals surface area contributed by atoms with Crippen LogP contribution in [-0.2, 0) is 29.0 Å². The molecule has 0 bridgehead atoms. The van der Waals surface area contributed by atoms with Gasteiger partial charge in [0.1, 0.15) is 12.1 Å². The number of nitrogens with zero attached hydrogens (tertiary/aromatic N) is 1. The Morgan fingerprint density at radius 1 is 0.906 bits per heavy atom. The number of carbonyl (C=O) groups is 5. The van der Waals surface area contributed by atoms with Gasteiger partial charge < -0.3 is 26.2 Å². The van der Waals surface area contributed by atoms with Gasteiger partial charge in [0.15, 0.2) is 9.84 Å². The molecule has 53 heavy (non-hydrogen) atoms. The standard InChI is InChI=1S/C40H65N5O7S/c1-7-15-29(31(46)34(48)41-24-8-2)42-33(47)30-27-16-21-39(22-23-39)28(27)25-45(30)35(49)32(38(6)17-11-9-12-18-38)43-36(50)44-40(19-13-10-14-20-40)26-53(51,52)37(3,4)5/h8,27-30,32H,2,7,9-26H2,1,3-6H3,(H,41,48)(H,42,47)(H2,43,44,50)/t27-,28-,29?,30-,32+/m0/s1. The Morgan fingerprint density at radius 3 is 2.09 bits per heavy atom. The predicted octanol–water partition coefficient (Wildman–Crippen LogP) is 4.71. The van der Waals surface area contributed by atoms with Gasteiger partial charge in [0, 0.05) is 13.1 Å².